The number of hydrogen-bond donors (Lipinski definition) is 0. The van der Waals surface area contributed by atoms with Gasteiger partial charge in [0.1, 0.15) is 5.82 Å². The second kappa shape index (κ2) is 8.15. The highest BCUT2D eigenvalue weighted by Crippen LogP contribution is 2.34. The van der Waals surface area contributed by atoms with Gasteiger partial charge in [-0.25, -0.2) is 4.39 Å². The number of thiazole rings is 1. The number of rotatable bonds is 3. The Morgan fingerprint density at radius 2 is 1.59 bits per heavy atom. The van der Waals surface area contributed by atoms with Crippen LogP contribution in [0.4, 0.5) is 4.39 Å². The lowest BCUT2D eigenvalue weighted by Gasteiger charge is -2.07. The van der Waals surface area contributed by atoms with E-state index in [1.807, 2.05) is 66.2 Å². The van der Waals surface area contributed by atoms with E-state index < -0.39 is 5.91 Å². The molecule has 0 atom stereocenters. The minimum atomic E-state index is -0.413. The number of aromatic nitrogens is 1. The van der Waals surface area contributed by atoms with Crippen molar-refractivity contribution in [3.8, 4) is 21.7 Å². The van der Waals surface area contributed by atoms with Crippen molar-refractivity contribution >= 4 is 28.8 Å². The van der Waals surface area contributed by atoms with E-state index in [2.05, 4.69) is 4.99 Å². The fourth-order valence-corrected chi connectivity index (χ4v) is 4.29. The van der Waals surface area contributed by atoms with Gasteiger partial charge >= 0.3 is 0 Å². The molecule has 0 saturated carbocycles. The highest BCUT2D eigenvalue weighted by molar-refractivity contribution is 7.13. The van der Waals surface area contributed by atoms with Crippen molar-refractivity contribution in [2.75, 3.05) is 0 Å². The Morgan fingerprint density at radius 1 is 0.931 bits per heavy atom. The molecule has 3 nitrogen and oxygen atoms in total. The molecule has 0 aliphatic heterocycles. The van der Waals surface area contributed by atoms with Crippen LogP contribution in [0.15, 0.2) is 83.9 Å². The van der Waals surface area contributed by atoms with Crippen LogP contribution in [0.25, 0.3) is 21.7 Å². The van der Waals surface area contributed by atoms with Crippen LogP contribution < -0.4 is 4.80 Å². The summed E-state index contributed by atoms with van der Waals surface area (Å²) in [4.78, 5) is 18.5. The van der Waals surface area contributed by atoms with Gasteiger partial charge in [-0.1, -0.05) is 65.4 Å². The van der Waals surface area contributed by atoms with Crippen LogP contribution in [-0.4, -0.2) is 10.5 Å². The van der Waals surface area contributed by atoms with Crippen molar-refractivity contribution in [2.24, 2.45) is 12.0 Å². The predicted octanol–water partition coefficient (Wildman–Crippen LogP) is 5.95. The molecule has 144 valence electrons. The van der Waals surface area contributed by atoms with Gasteiger partial charge in [-0.2, -0.15) is 4.99 Å². The standard InChI is InChI=1S/C23H16ClFN2OS/c1-27-20(15-7-11-18(24)12-8-15)21(16-5-3-2-4-6-16)29-23(27)26-22(28)17-9-13-19(25)14-10-17/h2-14H,1H3. The number of hydrogen-bond acceptors (Lipinski definition) is 2. The second-order valence-corrected chi connectivity index (χ2v) is 7.83. The van der Waals surface area contributed by atoms with E-state index in [4.69, 9.17) is 11.6 Å². The van der Waals surface area contributed by atoms with Gasteiger partial charge in [-0.05, 0) is 47.5 Å². The van der Waals surface area contributed by atoms with Crippen molar-refractivity contribution in [3.63, 3.8) is 0 Å². The van der Waals surface area contributed by atoms with Gasteiger partial charge < -0.3 is 4.57 Å². The first-order valence-corrected chi connectivity index (χ1v) is 10.1. The molecule has 0 spiro atoms. The number of nitrogens with zero attached hydrogens (tertiary/aromatic N) is 2. The molecule has 6 heteroatoms. The molecule has 0 radical (unpaired) electrons. The lowest BCUT2D eigenvalue weighted by atomic mass is 10.1. The highest BCUT2D eigenvalue weighted by Gasteiger charge is 2.16. The number of halogens is 2. The van der Waals surface area contributed by atoms with Gasteiger partial charge in [0.15, 0.2) is 4.80 Å². The third kappa shape index (κ3) is 4.06. The van der Waals surface area contributed by atoms with Crippen molar-refractivity contribution in [2.45, 2.75) is 0 Å². The quantitative estimate of drug-likeness (QED) is 0.401. The predicted molar refractivity (Wildman–Crippen MR) is 115 cm³/mol. The van der Waals surface area contributed by atoms with Crippen LogP contribution in [0.1, 0.15) is 10.4 Å². The van der Waals surface area contributed by atoms with Gasteiger partial charge in [-0.3, -0.25) is 4.79 Å². The second-order valence-electron chi connectivity index (χ2n) is 6.42. The smallest absolute Gasteiger partial charge is 0.279 e. The Hall–Kier alpha value is -3.02. The van der Waals surface area contributed by atoms with E-state index in [-0.39, 0.29) is 5.82 Å². The van der Waals surface area contributed by atoms with Crippen LogP contribution in [0.3, 0.4) is 0 Å². The summed E-state index contributed by atoms with van der Waals surface area (Å²) in [7, 11) is 1.88. The average Bonchev–Trinajstić information content (AvgIpc) is 3.06. The largest absolute Gasteiger partial charge is 0.319 e. The molecule has 0 N–H and O–H groups in total. The van der Waals surface area contributed by atoms with Crippen LogP contribution in [-0.2, 0) is 7.05 Å². The summed E-state index contributed by atoms with van der Waals surface area (Å²) < 4.78 is 15.0. The number of benzene rings is 3. The molecule has 4 aromatic rings. The van der Waals surface area contributed by atoms with Gasteiger partial charge in [0.25, 0.3) is 5.91 Å². The van der Waals surface area contributed by atoms with Gasteiger partial charge in [-0.15, -0.1) is 0 Å². The minimum Gasteiger partial charge on any atom is -0.319 e. The summed E-state index contributed by atoms with van der Waals surface area (Å²) in [5, 5.41) is 0.657. The van der Waals surface area contributed by atoms with Crippen molar-refractivity contribution < 1.29 is 9.18 Å². The summed E-state index contributed by atoms with van der Waals surface area (Å²) in [6.07, 6.45) is 0. The lowest BCUT2D eigenvalue weighted by Crippen LogP contribution is -2.14. The maximum Gasteiger partial charge on any atom is 0.279 e. The maximum atomic E-state index is 13.1. The zero-order chi connectivity index (χ0) is 20.4. The van der Waals surface area contributed by atoms with Crippen LogP contribution in [0, 0.1) is 5.82 Å². The number of carbonyl (C=O) groups excluding carboxylic acids is 1. The molecule has 1 amide bonds. The molecule has 1 heterocycles. The summed E-state index contributed by atoms with van der Waals surface area (Å²) in [6.45, 7) is 0. The molecular weight excluding hydrogens is 407 g/mol. The molecular formula is C23H16ClFN2OS. The maximum absolute atomic E-state index is 13.1. The third-order valence-corrected chi connectivity index (χ3v) is 5.91. The van der Waals surface area contributed by atoms with E-state index >= 15 is 0 Å². The molecule has 0 aliphatic carbocycles. The zero-order valence-corrected chi connectivity index (χ0v) is 17.0. The summed E-state index contributed by atoms with van der Waals surface area (Å²) in [5.74, 6) is -0.802. The zero-order valence-electron chi connectivity index (χ0n) is 15.5. The third-order valence-electron chi connectivity index (χ3n) is 4.47. The molecule has 1 aromatic heterocycles. The molecule has 0 aliphatic rings. The summed E-state index contributed by atoms with van der Waals surface area (Å²) in [5.41, 5.74) is 3.30. The van der Waals surface area contributed by atoms with E-state index in [9.17, 15) is 9.18 Å². The van der Waals surface area contributed by atoms with Crippen LogP contribution in [0.2, 0.25) is 5.02 Å². The first-order valence-electron chi connectivity index (χ1n) is 8.89. The first kappa shape index (κ1) is 19.3. The van der Waals surface area contributed by atoms with E-state index in [1.165, 1.54) is 35.6 Å². The number of amides is 1. The van der Waals surface area contributed by atoms with E-state index in [0.717, 1.165) is 21.7 Å². The average molecular weight is 423 g/mol. The summed E-state index contributed by atoms with van der Waals surface area (Å²) >= 11 is 7.49. The molecule has 0 unspecified atom stereocenters. The van der Waals surface area contributed by atoms with Crippen molar-refractivity contribution in [1.82, 2.24) is 4.57 Å². The Labute approximate surface area is 176 Å². The van der Waals surface area contributed by atoms with Gasteiger partial charge in [0.2, 0.25) is 0 Å². The Morgan fingerprint density at radius 3 is 2.24 bits per heavy atom. The van der Waals surface area contributed by atoms with Crippen LogP contribution >= 0.6 is 22.9 Å². The Kier molecular flexibility index (Phi) is 5.43. The lowest BCUT2D eigenvalue weighted by molar-refractivity contribution is 0.0998. The van der Waals surface area contributed by atoms with Gasteiger partial charge in [0, 0.05) is 17.6 Å². The molecule has 4 rings (SSSR count). The fourth-order valence-electron chi connectivity index (χ4n) is 3.02. The summed E-state index contributed by atoms with van der Waals surface area (Å²) in [6, 6.07) is 22.9. The van der Waals surface area contributed by atoms with E-state index in [1.54, 1.807) is 0 Å². The van der Waals surface area contributed by atoms with Crippen LogP contribution in [0.5, 0.6) is 0 Å². The molecule has 0 saturated heterocycles. The number of carbonyl (C=O) groups is 1. The molecule has 0 fully saturated rings. The first-order chi connectivity index (χ1) is 14.0. The Bertz CT molecular complexity index is 1230. The SMILES string of the molecule is Cn1c(-c2ccc(Cl)cc2)c(-c2ccccc2)sc1=NC(=O)c1ccc(F)cc1. The van der Waals surface area contributed by atoms with Crippen molar-refractivity contribution in [3.05, 3.63) is 100 Å². The fraction of sp³-hybridized carbons (Fsp3) is 0.0435. The molecule has 29 heavy (non-hydrogen) atoms. The van der Waals surface area contributed by atoms with Gasteiger partial charge in [0.05, 0.1) is 10.6 Å². The van der Waals surface area contributed by atoms with E-state index in [0.29, 0.717) is 15.4 Å². The van der Waals surface area contributed by atoms with Crippen molar-refractivity contribution in [1.29, 1.82) is 0 Å². The Balaban J connectivity index is 1.89. The molecule has 0 bridgehead atoms. The highest BCUT2D eigenvalue weighted by atomic mass is 35.5. The molecule has 3 aromatic carbocycles. The normalized spacial score (nSPS) is 11.6. The monoisotopic (exact) mass is 422 g/mol. The topological polar surface area (TPSA) is 34.4 Å². The minimum absolute atomic E-state index is 0.342.